The molecule has 1 heterocycles. The zero-order chi connectivity index (χ0) is 12.3. The normalized spacial score (nSPS) is 10.2. The second-order valence-corrected chi connectivity index (χ2v) is 4.32. The Balaban J connectivity index is 2.10. The zero-order valence-corrected chi connectivity index (χ0v) is 10.9. The summed E-state index contributed by atoms with van der Waals surface area (Å²) in [7, 11) is 0. The van der Waals surface area contributed by atoms with E-state index in [0.29, 0.717) is 6.61 Å². The molecule has 1 aromatic carbocycles. The van der Waals surface area contributed by atoms with Crippen LogP contribution in [0.1, 0.15) is 5.56 Å². The van der Waals surface area contributed by atoms with Crippen LogP contribution in [0.2, 0.25) is 5.28 Å². The monoisotopic (exact) mass is 314 g/mol. The molecular formula is C10H8BrClN4O. The maximum atomic E-state index is 5.63. The minimum absolute atomic E-state index is 0.0135. The molecule has 0 aliphatic heterocycles. The highest BCUT2D eigenvalue weighted by molar-refractivity contribution is 9.10. The average molecular weight is 316 g/mol. The molecule has 0 fully saturated rings. The summed E-state index contributed by atoms with van der Waals surface area (Å²) in [4.78, 5) is 11.3. The Morgan fingerprint density at radius 1 is 1.24 bits per heavy atom. The SMILES string of the molecule is Nc1nc(Cl)nc(OCc2ccccc2Br)n1. The van der Waals surface area contributed by atoms with E-state index >= 15 is 0 Å². The smallest absolute Gasteiger partial charge is 0.322 e. The minimum Gasteiger partial charge on any atom is -0.458 e. The number of nitrogens with zero attached hydrogens (tertiary/aromatic N) is 3. The molecule has 0 spiro atoms. The van der Waals surface area contributed by atoms with Crippen molar-refractivity contribution in [3.63, 3.8) is 0 Å². The Morgan fingerprint density at radius 2 is 2.00 bits per heavy atom. The van der Waals surface area contributed by atoms with E-state index in [-0.39, 0.29) is 17.2 Å². The van der Waals surface area contributed by atoms with Crippen molar-refractivity contribution in [2.24, 2.45) is 0 Å². The van der Waals surface area contributed by atoms with Gasteiger partial charge in [0.25, 0.3) is 0 Å². The van der Waals surface area contributed by atoms with Crippen LogP contribution in [0, 0.1) is 0 Å². The summed E-state index contributed by atoms with van der Waals surface area (Å²) in [5.74, 6) is 0.0344. The highest BCUT2D eigenvalue weighted by Crippen LogP contribution is 2.18. The van der Waals surface area contributed by atoms with Gasteiger partial charge in [0, 0.05) is 10.0 Å². The minimum atomic E-state index is 0.0135. The third kappa shape index (κ3) is 3.28. The Bertz CT molecular complexity index is 517. The van der Waals surface area contributed by atoms with Crippen LogP contribution >= 0.6 is 27.5 Å². The number of ether oxygens (including phenoxy) is 1. The first-order chi connectivity index (χ1) is 8.15. The number of aromatic nitrogens is 3. The number of anilines is 1. The molecule has 0 saturated heterocycles. The Kier molecular flexibility index (Phi) is 3.75. The Hall–Kier alpha value is -1.40. The molecule has 0 amide bonds. The quantitative estimate of drug-likeness (QED) is 0.941. The van der Waals surface area contributed by atoms with E-state index in [9.17, 15) is 0 Å². The van der Waals surface area contributed by atoms with Crippen LogP contribution in [0.5, 0.6) is 6.01 Å². The number of benzene rings is 1. The lowest BCUT2D eigenvalue weighted by Crippen LogP contribution is -2.04. The van der Waals surface area contributed by atoms with E-state index in [1.165, 1.54) is 0 Å². The van der Waals surface area contributed by atoms with Crippen molar-refractivity contribution in [3.05, 3.63) is 39.6 Å². The van der Waals surface area contributed by atoms with Crippen LogP contribution < -0.4 is 10.5 Å². The van der Waals surface area contributed by atoms with Crippen molar-refractivity contribution in [2.75, 3.05) is 5.73 Å². The first kappa shape index (κ1) is 12.1. The molecule has 2 N–H and O–H groups in total. The fourth-order valence-corrected chi connectivity index (χ4v) is 1.73. The zero-order valence-electron chi connectivity index (χ0n) is 8.60. The van der Waals surface area contributed by atoms with Gasteiger partial charge in [0.05, 0.1) is 0 Å². The van der Waals surface area contributed by atoms with Gasteiger partial charge < -0.3 is 10.5 Å². The van der Waals surface area contributed by atoms with Gasteiger partial charge in [-0.1, -0.05) is 34.1 Å². The van der Waals surface area contributed by atoms with Gasteiger partial charge in [-0.2, -0.15) is 15.0 Å². The van der Waals surface area contributed by atoms with Gasteiger partial charge >= 0.3 is 6.01 Å². The van der Waals surface area contributed by atoms with Gasteiger partial charge in [-0.05, 0) is 17.7 Å². The fourth-order valence-electron chi connectivity index (χ4n) is 1.17. The number of nitrogen functional groups attached to an aromatic ring is 1. The maximum absolute atomic E-state index is 5.63. The summed E-state index contributed by atoms with van der Waals surface area (Å²) in [5.41, 5.74) is 6.40. The predicted molar refractivity (Wildman–Crippen MR) is 67.7 cm³/mol. The predicted octanol–water partition coefficient (Wildman–Crippen LogP) is 2.45. The van der Waals surface area contributed by atoms with Crippen molar-refractivity contribution in [2.45, 2.75) is 6.61 Å². The molecule has 0 aliphatic rings. The lowest BCUT2D eigenvalue weighted by Gasteiger charge is -2.06. The molecule has 7 heteroatoms. The van der Waals surface area contributed by atoms with Crippen molar-refractivity contribution in [1.29, 1.82) is 0 Å². The van der Waals surface area contributed by atoms with Crippen molar-refractivity contribution < 1.29 is 4.74 Å². The van der Waals surface area contributed by atoms with E-state index in [4.69, 9.17) is 22.1 Å². The van der Waals surface area contributed by atoms with E-state index in [1.807, 2.05) is 24.3 Å². The molecule has 0 saturated carbocycles. The summed E-state index contributed by atoms with van der Waals surface area (Å²) in [6.45, 7) is 0.321. The van der Waals surface area contributed by atoms with Gasteiger partial charge in [0.15, 0.2) is 0 Å². The second kappa shape index (κ2) is 5.29. The average Bonchev–Trinajstić information content (AvgIpc) is 2.27. The molecule has 1 aromatic heterocycles. The second-order valence-electron chi connectivity index (χ2n) is 3.13. The van der Waals surface area contributed by atoms with Crippen LogP contribution in [0.3, 0.4) is 0 Å². The van der Waals surface area contributed by atoms with Crippen LogP contribution in [0.15, 0.2) is 28.7 Å². The number of rotatable bonds is 3. The van der Waals surface area contributed by atoms with Crippen molar-refractivity contribution in [3.8, 4) is 6.01 Å². The third-order valence-corrected chi connectivity index (χ3v) is 2.86. The molecule has 0 bridgehead atoms. The molecule has 17 heavy (non-hydrogen) atoms. The fraction of sp³-hybridized carbons (Fsp3) is 0.100. The first-order valence-corrected chi connectivity index (χ1v) is 5.85. The molecule has 2 aromatic rings. The van der Waals surface area contributed by atoms with Crippen molar-refractivity contribution >= 4 is 33.5 Å². The summed E-state index contributed by atoms with van der Waals surface area (Å²) in [5, 5.41) is 0.0135. The molecule has 88 valence electrons. The number of nitrogens with two attached hydrogens (primary N) is 1. The topological polar surface area (TPSA) is 73.9 Å². The van der Waals surface area contributed by atoms with Crippen LogP contribution in [0.25, 0.3) is 0 Å². The molecule has 0 atom stereocenters. The van der Waals surface area contributed by atoms with E-state index < -0.39 is 0 Å². The van der Waals surface area contributed by atoms with Crippen LogP contribution in [0.4, 0.5) is 5.95 Å². The summed E-state index contributed by atoms with van der Waals surface area (Å²) in [6.07, 6.45) is 0. The van der Waals surface area contributed by atoms with Gasteiger partial charge in [-0.15, -0.1) is 0 Å². The van der Waals surface area contributed by atoms with Gasteiger partial charge in [-0.25, -0.2) is 0 Å². The van der Waals surface area contributed by atoms with E-state index in [2.05, 4.69) is 30.9 Å². The molecule has 2 rings (SSSR count). The molecule has 0 unspecified atom stereocenters. The Labute approximate surface area is 111 Å². The van der Waals surface area contributed by atoms with Gasteiger partial charge in [0.2, 0.25) is 11.2 Å². The standard InChI is InChI=1S/C10H8BrClN4O/c11-7-4-2-1-3-6(7)5-17-10-15-8(12)14-9(13)16-10/h1-4H,5H2,(H2,13,14,15,16). The highest BCUT2D eigenvalue weighted by Gasteiger charge is 2.05. The maximum Gasteiger partial charge on any atom is 0.322 e. The van der Waals surface area contributed by atoms with E-state index in [1.54, 1.807) is 0 Å². The lowest BCUT2D eigenvalue weighted by molar-refractivity contribution is 0.279. The van der Waals surface area contributed by atoms with Gasteiger partial charge in [-0.3, -0.25) is 0 Å². The lowest BCUT2D eigenvalue weighted by atomic mass is 10.2. The number of hydrogen-bond acceptors (Lipinski definition) is 5. The summed E-state index contributed by atoms with van der Waals surface area (Å²) in [6, 6.07) is 7.80. The number of hydrogen-bond donors (Lipinski definition) is 1. The van der Waals surface area contributed by atoms with Gasteiger partial charge in [0.1, 0.15) is 6.61 Å². The van der Waals surface area contributed by atoms with Crippen LogP contribution in [-0.4, -0.2) is 15.0 Å². The largest absolute Gasteiger partial charge is 0.458 e. The number of halogens is 2. The third-order valence-electron chi connectivity index (χ3n) is 1.92. The summed E-state index contributed by atoms with van der Waals surface area (Å²) >= 11 is 9.05. The Morgan fingerprint density at radius 3 is 2.71 bits per heavy atom. The molecule has 0 radical (unpaired) electrons. The highest BCUT2D eigenvalue weighted by atomic mass is 79.9. The van der Waals surface area contributed by atoms with Crippen molar-refractivity contribution in [1.82, 2.24) is 15.0 Å². The molecule has 5 nitrogen and oxygen atoms in total. The van der Waals surface area contributed by atoms with E-state index in [0.717, 1.165) is 10.0 Å². The first-order valence-electron chi connectivity index (χ1n) is 4.68. The van der Waals surface area contributed by atoms with Crippen LogP contribution in [-0.2, 0) is 6.61 Å². The molecular weight excluding hydrogens is 307 g/mol. The molecule has 0 aliphatic carbocycles. The summed E-state index contributed by atoms with van der Waals surface area (Å²) < 4.78 is 6.33.